The zero-order chi connectivity index (χ0) is 15.1. The predicted octanol–water partition coefficient (Wildman–Crippen LogP) is 0.183. The Morgan fingerprint density at radius 3 is 2.76 bits per heavy atom. The van der Waals surface area contributed by atoms with Gasteiger partial charge in [0, 0.05) is 18.7 Å². The highest BCUT2D eigenvalue weighted by atomic mass is 16.5. The number of primary amides is 1. The lowest BCUT2D eigenvalue weighted by Gasteiger charge is -2.15. The third kappa shape index (κ3) is 4.78. The van der Waals surface area contributed by atoms with Crippen molar-refractivity contribution in [2.45, 2.75) is 6.42 Å². The van der Waals surface area contributed by atoms with E-state index in [0.717, 1.165) is 37.4 Å². The number of benzene rings is 1. The van der Waals surface area contributed by atoms with Gasteiger partial charge >= 0.3 is 0 Å². The first-order valence-corrected chi connectivity index (χ1v) is 7.12. The van der Waals surface area contributed by atoms with Crippen molar-refractivity contribution in [3.05, 3.63) is 29.8 Å². The predicted molar refractivity (Wildman–Crippen MR) is 81.6 cm³/mol. The SMILES string of the molecule is NCC#Cc1ccc(OCCN2CCC(C(N)=O)C2)cc1. The summed E-state index contributed by atoms with van der Waals surface area (Å²) in [6.45, 7) is 3.41. The minimum absolute atomic E-state index is 0.00889. The summed E-state index contributed by atoms with van der Waals surface area (Å²) in [6.07, 6.45) is 0.851. The topological polar surface area (TPSA) is 81.6 Å². The van der Waals surface area contributed by atoms with Gasteiger partial charge in [-0.1, -0.05) is 11.8 Å². The van der Waals surface area contributed by atoms with Crippen LogP contribution in [-0.4, -0.2) is 43.6 Å². The van der Waals surface area contributed by atoms with Crippen molar-refractivity contribution in [3.8, 4) is 17.6 Å². The van der Waals surface area contributed by atoms with Crippen molar-refractivity contribution < 1.29 is 9.53 Å². The number of likely N-dealkylation sites (tertiary alicyclic amines) is 1. The van der Waals surface area contributed by atoms with Crippen LogP contribution in [0.25, 0.3) is 0 Å². The molecule has 0 bridgehead atoms. The number of amides is 1. The maximum atomic E-state index is 11.1. The first kappa shape index (κ1) is 15.4. The van der Waals surface area contributed by atoms with Crippen molar-refractivity contribution >= 4 is 5.91 Å². The van der Waals surface area contributed by atoms with Gasteiger partial charge in [0.2, 0.25) is 5.91 Å². The van der Waals surface area contributed by atoms with E-state index in [2.05, 4.69) is 16.7 Å². The molecule has 1 unspecified atom stereocenters. The Bertz CT molecular complexity index is 531. The number of nitrogens with zero attached hydrogens (tertiary/aromatic N) is 1. The molecule has 0 aromatic heterocycles. The highest BCUT2D eigenvalue weighted by Gasteiger charge is 2.25. The number of rotatable bonds is 5. The zero-order valence-electron chi connectivity index (χ0n) is 12.0. The zero-order valence-corrected chi connectivity index (χ0v) is 12.0. The largest absolute Gasteiger partial charge is 0.492 e. The van der Waals surface area contributed by atoms with E-state index in [-0.39, 0.29) is 11.8 Å². The minimum atomic E-state index is -0.201. The van der Waals surface area contributed by atoms with E-state index in [0.29, 0.717) is 13.2 Å². The van der Waals surface area contributed by atoms with E-state index in [1.165, 1.54) is 0 Å². The number of carbonyl (C=O) groups excluding carboxylic acids is 1. The van der Waals surface area contributed by atoms with Crippen LogP contribution in [0.1, 0.15) is 12.0 Å². The molecule has 1 aliphatic rings. The molecule has 1 atom stereocenters. The Labute approximate surface area is 125 Å². The van der Waals surface area contributed by atoms with Crippen LogP contribution in [-0.2, 0) is 4.79 Å². The van der Waals surface area contributed by atoms with Crippen molar-refractivity contribution in [2.75, 3.05) is 32.8 Å². The van der Waals surface area contributed by atoms with Gasteiger partial charge in [-0.25, -0.2) is 0 Å². The van der Waals surface area contributed by atoms with Crippen molar-refractivity contribution in [1.29, 1.82) is 0 Å². The molecule has 5 heteroatoms. The number of hydrogen-bond donors (Lipinski definition) is 2. The number of carbonyl (C=O) groups is 1. The molecule has 1 aliphatic heterocycles. The Kier molecular flexibility index (Phi) is 5.61. The summed E-state index contributed by atoms with van der Waals surface area (Å²) in [5.41, 5.74) is 11.6. The Hall–Kier alpha value is -2.03. The van der Waals surface area contributed by atoms with E-state index in [9.17, 15) is 4.79 Å². The summed E-state index contributed by atoms with van der Waals surface area (Å²) < 4.78 is 5.69. The standard InChI is InChI=1S/C16H21N3O2/c17-8-1-2-13-3-5-15(6-4-13)21-11-10-19-9-7-14(12-19)16(18)20/h3-6,14H,7-12,17H2,(H2,18,20). The van der Waals surface area contributed by atoms with Crippen LogP contribution < -0.4 is 16.2 Å². The van der Waals surface area contributed by atoms with Crippen LogP contribution in [0.3, 0.4) is 0 Å². The fourth-order valence-corrected chi connectivity index (χ4v) is 2.35. The van der Waals surface area contributed by atoms with Crippen LogP contribution in [0.4, 0.5) is 0 Å². The minimum Gasteiger partial charge on any atom is -0.492 e. The van der Waals surface area contributed by atoms with E-state index >= 15 is 0 Å². The van der Waals surface area contributed by atoms with Crippen LogP contribution in [0, 0.1) is 17.8 Å². The normalized spacial score (nSPS) is 18.0. The maximum Gasteiger partial charge on any atom is 0.221 e. The molecule has 4 N–H and O–H groups in total. The molecule has 0 aliphatic carbocycles. The molecule has 1 saturated heterocycles. The second-order valence-corrected chi connectivity index (χ2v) is 5.07. The van der Waals surface area contributed by atoms with Crippen LogP contribution in [0.5, 0.6) is 5.75 Å². The summed E-state index contributed by atoms with van der Waals surface area (Å²) in [6, 6.07) is 7.63. The summed E-state index contributed by atoms with van der Waals surface area (Å²) in [4.78, 5) is 13.3. The molecule has 5 nitrogen and oxygen atoms in total. The van der Waals surface area contributed by atoms with Gasteiger partial charge in [0.15, 0.2) is 0 Å². The molecule has 112 valence electrons. The van der Waals surface area contributed by atoms with Gasteiger partial charge in [-0.3, -0.25) is 9.69 Å². The average molecular weight is 287 g/mol. The van der Waals surface area contributed by atoms with Gasteiger partial charge in [0.1, 0.15) is 12.4 Å². The van der Waals surface area contributed by atoms with Crippen LogP contribution >= 0.6 is 0 Å². The van der Waals surface area contributed by atoms with Gasteiger partial charge in [0.05, 0.1) is 12.5 Å². The second kappa shape index (κ2) is 7.67. The van der Waals surface area contributed by atoms with E-state index in [1.807, 2.05) is 24.3 Å². The number of ether oxygens (including phenoxy) is 1. The molecule has 1 aromatic carbocycles. The number of nitrogens with two attached hydrogens (primary N) is 2. The third-order valence-electron chi connectivity index (χ3n) is 3.54. The fourth-order valence-electron chi connectivity index (χ4n) is 2.35. The third-order valence-corrected chi connectivity index (χ3v) is 3.54. The highest BCUT2D eigenvalue weighted by Crippen LogP contribution is 2.16. The quantitative estimate of drug-likeness (QED) is 0.757. The smallest absolute Gasteiger partial charge is 0.221 e. The molecule has 1 fully saturated rings. The molecule has 0 saturated carbocycles. The highest BCUT2D eigenvalue weighted by molar-refractivity contribution is 5.77. The average Bonchev–Trinajstić information content (AvgIpc) is 2.95. The molecular weight excluding hydrogens is 266 g/mol. The lowest BCUT2D eigenvalue weighted by Crippen LogP contribution is -2.30. The van der Waals surface area contributed by atoms with Gasteiger partial charge in [-0.15, -0.1) is 0 Å². The first-order chi connectivity index (χ1) is 10.2. The van der Waals surface area contributed by atoms with Gasteiger partial charge in [-0.05, 0) is 37.2 Å². The molecule has 0 spiro atoms. The second-order valence-electron chi connectivity index (χ2n) is 5.07. The maximum absolute atomic E-state index is 11.1. The molecule has 0 radical (unpaired) electrons. The first-order valence-electron chi connectivity index (χ1n) is 7.12. The lowest BCUT2D eigenvalue weighted by atomic mass is 10.1. The lowest BCUT2D eigenvalue weighted by molar-refractivity contribution is -0.121. The molecule has 1 amide bonds. The molecule has 21 heavy (non-hydrogen) atoms. The van der Waals surface area contributed by atoms with Gasteiger partial charge < -0.3 is 16.2 Å². The molecule has 2 rings (SSSR count). The summed E-state index contributed by atoms with van der Waals surface area (Å²) >= 11 is 0. The molecule has 1 heterocycles. The molecule has 1 aromatic rings. The van der Waals surface area contributed by atoms with Crippen molar-refractivity contribution in [3.63, 3.8) is 0 Å². The summed E-state index contributed by atoms with van der Waals surface area (Å²) in [7, 11) is 0. The van der Waals surface area contributed by atoms with Crippen molar-refractivity contribution in [2.24, 2.45) is 17.4 Å². The Morgan fingerprint density at radius 2 is 2.14 bits per heavy atom. The van der Waals surface area contributed by atoms with Crippen LogP contribution in [0.15, 0.2) is 24.3 Å². The van der Waals surface area contributed by atoms with Gasteiger partial charge in [0.25, 0.3) is 0 Å². The van der Waals surface area contributed by atoms with E-state index in [1.54, 1.807) is 0 Å². The van der Waals surface area contributed by atoms with E-state index in [4.69, 9.17) is 16.2 Å². The molecular formula is C16H21N3O2. The van der Waals surface area contributed by atoms with Gasteiger partial charge in [-0.2, -0.15) is 0 Å². The Balaban J connectivity index is 1.73. The van der Waals surface area contributed by atoms with E-state index < -0.39 is 0 Å². The summed E-state index contributed by atoms with van der Waals surface area (Å²) in [5.74, 6) is 6.38. The number of hydrogen-bond acceptors (Lipinski definition) is 4. The Morgan fingerprint density at radius 1 is 1.38 bits per heavy atom. The fraction of sp³-hybridized carbons (Fsp3) is 0.438. The monoisotopic (exact) mass is 287 g/mol. The van der Waals surface area contributed by atoms with Crippen molar-refractivity contribution in [1.82, 2.24) is 4.90 Å². The summed E-state index contributed by atoms with van der Waals surface area (Å²) in [5, 5.41) is 0. The van der Waals surface area contributed by atoms with Crippen LogP contribution in [0.2, 0.25) is 0 Å².